The van der Waals surface area contributed by atoms with Gasteiger partial charge in [-0.05, 0) is 81.1 Å². The van der Waals surface area contributed by atoms with Gasteiger partial charge in [0.2, 0.25) is 0 Å². The maximum Gasteiger partial charge on any atom is 0.274 e. The molecule has 1 N–H and O–H groups in total. The molecular weight excluding hydrogens is 538 g/mol. The number of phenols is 1. The van der Waals surface area contributed by atoms with Crippen LogP contribution in [0.5, 0.6) is 5.75 Å². The van der Waals surface area contributed by atoms with Gasteiger partial charge in [0, 0.05) is 0 Å². The third-order valence-corrected chi connectivity index (χ3v) is 6.10. The summed E-state index contributed by atoms with van der Waals surface area (Å²) in [7, 11) is 0. The maximum atomic E-state index is 12.7. The van der Waals surface area contributed by atoms with Crippen LogP contribution in [0.1, 0.15) is 5.56 Å². The molecule has 0 unspecified atom stereocenters. The van der Waals surface area contributed by atoms with E-state index in [1.807, 2.05) is 42.5 Å². The van der Waals surface area contributed by atoms with Crippen LogP contribution in [0.2, 0.25) is 0 Å². The van der Waals surface area contributed by atoms with E-state index in [9.17, 15) is 9.90 Å². The molecular formula is C16H8I2N2O2S. The van der Waals surface area contributed by atoms with Gasteiger partial charge in [0.15, 0.2) is 4.96 Å². The second kappa shape index (κ2) is 5.71. The first-order chi connectivity index (χ1) is 11.0. The van der Waals surface area contributed by atoms with Gasteiger partial charge in [-0.1, -0.05) is 23.5 Å². The Bertz CT molecular complexity index is 1160. The van der Waals surface area contributed by atoms with E-state index in [0.717, 1.165) is 23.7 Å². The van der Waals surface area contributed by atoms with Crippen molar-refractivity contribution in [2.75, 3.05) is 0 Å². The summed E-state index contributed by atoms with van der Waals surface area (Å²) in [6.07, 6.45) is 1.85. The summed E-state index contributed by atoms with van der Waals surface area (Å²) in [4.78, 5) is 17.9. The molecule has 0 saturated heterocycles. The van der Waals surface area contributed by atoms with Crippen LogP contribution in [0.4, 0.5) is 0 Å². The van der Waals surface area contributed by atoms with Crippen LogP contribution in [0.25, 0.3) is 22.1 Å². The van der Waals surface area contributed by atoms with Crippen LogP contribution in [-0.4, -0.2) is 14.5 Å². The molecule has 0 amide bonds. The number of aromatic hydroxyl groups is 1. The second-order valence-electron chi connectivity index (χ2n) is 4.97. The number of fused-ring (bicyclic) bond motifs is 3. The van der Waals surface area contributed by atoms with Gasteiger partial charge in [-0.3, -0.25) is 4.79 Å². The van der Waals surface area contributed by atoms with Crippen molar-refractivity contribution in [2.45, 2.75) is 0 Å². The zero-order valence-electron chi connectivity index (χ0n) is 11.5. The largest absolute Gasteiger partial charge is 0.506 e. The third-order valence-electron chi connectivity index (χ3n) is 3.48. The molecule has 7 heteroatoms. The highest BCUT2D eigenvalue weighted by Crippen LogP contribution is 2.27. The zero-order chi connectivity index (χ0) is 16.1. The molecule has 4 nitrogen and oxygen atoms in total. The van der Waals surface area contributed by atoms with Gasteiger partial charge in [-0.25, -0.2) is 9.38 Å². The lowest BCUT2D eigenvalue weighted by Crippen LogP contribution is -2.22. The molecule has 0 radical (unpaired) electrons. The molecule has 4 aromatic rings. The Labute approximate surface area is 161 Å². The lowest BCUT2D eigenvalue weighted by Gasteiger charge is -2.01. The molecule has 0 saturated carbocycles. The summed E-state index contributed by atoms with van der Waals surface area (Å²) in [5.41, 5.74) is 2.49. The SMILES string of the molecule is O=c1/c(=C\c2cc(I)c(O)c(I)c2)sc2nc3ccccc3n12. The van der Waals surface area contributed by atoms with Crippen molar-refractivity contribution < 1.29 is 5.11 Å². The Kier molecular flexibility index (Phi) is 3.81. The van der Waals surface area contributed by atoms with Crippen LogP contribution >= 0.6 is 56.5 Å². The van der Waals surface area contributed by atoms with Crippen LogP contribution < -0.4 is 10.1 Å². The highest BCUT2D eigenvalue weighted by atomic mass is 127. The molecule has 114 valence electrons. The smallest absolute Gasteiger partial charge is 0.274 e. The average Bonchev–Trinajstić information content (AvgIpc) is 3.02. The van der Waals surface area contributed by atoms with E-state index in [1.165, 1.54) is 11.3 Å². The fourth-order valence-corrected chi connectivity index (χ4v) is 5.23. The normalized spacial score (nSPS) is 12.5. The highest BCUT2D eigenvalue weighted by molar-refractivity contribution is 14.1. The van der Waals surface area contributed by atoms with Crippen LogP contribution in [0, 0.1) is 7.14 Å². The van der Waals surface area contributed by atoms with Crippen LogP contribution in [-0.2, 0) is 0 Å². The van der Waals surface area contributed by atoms with Crippen molar-refractivity contribution in [3.63, 3.8) is 0 Å². The molecule has 0 aliphatic rings. The van der Waals surface area contributed by atoms with Crippen molar-refractivity contribution in [3.05, 3.63) is 64.0 Å². The van der Waals surface area contributed by atoms with Gasteiger partial charge in [0.25, 0.3) is 5.56 Å². The zero-order valence-corrected chi connectivity index (χ0v) is 16.6. The first-order valence-electron chi connectivity index (χ1n) is 6.64. The topological polar surface area (TPSA) is 54.6 Å². The van der Waals surface area contributed by atoms with Crippen molar-refractivity contribution >= 4 is 78.6 Å². The van der Waals surface area contributed by atoms with Crippen LogP contribution in [0.15, 0.2) is 41.2 Å². The van der Waals surface area contributed by atoms with Gasteiger partial charge in [0.05, 0.1) is 22.7 Å². The molecule has 0 atom stereocenters. The predicted octanol–water partition coefficient (Wildman–Crippen LogP) is 3.37. The molecule has 2 heterocycles. The second-order valence-corrected chi connectivity index (χ2v) is 8.30. The molecule has 2 aromatic heterocycles. The molecule has 0 bridgehead atoms. The summed E-state index contributed by atoms with van der Waals surface area (Å²) in [5, 5.41) is 9.85. The van der Waals surface area contributed by atoms with E-state index < -0.39 is 0 Å². The van der Waals surface area contributed by atoms with Gasteiger partial charge >= 0.3 is 0 Å². The molecule has 0 fully saturated rings. The molecule has 0 aliphatic carbocycles. The number of nitrogens with zero attached hydrogens (tertiary/aromatic N) is 2. The molecule has 0 aliphatic heterocycles. The molecule has 0 spiro atoms. The van der Waals surface area contributed by atoms with Gasteiger partial charge in [-0.15, -0.1) is 0 Å². The summed E-state index contributed by atoms with van der Waals surface area (Å²) < 4.78 is 3.82. The fourth-order valence-electron chi connectivity index (χ4n) is 2.43. The minimum atomic E-state index is -0.0585. The number of aromatic nitrogens is 2. The predicted molar refractivity (Wildman–Crippen MR) is 109 cm³/mol. The fraction of sp³-hybridized carbons (Fsp3) is 0. The van der Waals surface area contributed by atoms with E-state index >= 15 is 0 Å². The van der Waals surface area contributed by atoms with Gasteiger partial charge < -0.3 is 5.11 Å². The standard InChI is InChI=1S/C16H8I2N2O2S/c17-9-5-8(6-10(18)14(9)21)7-13-15(22)20-12-4-2-1-3-11(12)19-16(20)23-13/h1-7,21H/b13-7+. The Balaban J connectivity index is 1.99. The Morgan fingerprint density at radius 3 is 2.61 bits per heavy atom. The number of imidazole rings is 1. The van der Waals surface area contributed by atoms with E-state index in [-0.39, 0.29) is 11.3 Å². The quantitative estimate of drug-likeness (QED) is 0.373. The first kappa shape index (κ1) is 15.3. The number of para-hydroxylation sites is 2. The third kappa shape index (κ3) is 2.54. The Hall–Kier alpha value is -1.20. The van der Waals surface area contributed by atoms with E-state index in [1.54, 1.807) is 4.40 Å². The summed E-state index contributed by atoms with van der Waals surface area (Å²) >= 11 is 5.55. The monoisotopic (exact) mass is 546 g/mol. The van der Waals surface area contributed by atoms with E-state index in [2.05, 4.69) is 50.2 Å². The number of benzene rings is 2. The molecule has 4 rings (SSSR count). The number of halogens is 2. The lowest BCUT2D eigenvalue weighted by atomic mass is 10.2. The molecule has 2 aromatic carbocycles. The first-order valence-corrected chi connectivity index (χ1v) is 9.62. The summed E-state index contributed by atoms with van der Waals surface area (Å²) in [6.45, 7) is 0. The van der Waals surface area contributed by atoms with Crippen molar-refractivity contribution in [2.24, 2.45) is 0 Å². The minimum Gasteiger partial charge on any atom is -0.506 e. The number of thiazole rings is 1. The van der Waals surface area contributed by atoms with Crippen molar-refractivity contribution in [1.29, 1.82) is 0 Å². The number of rotatable bonds is 1. The summed E-state index contributed by atoms with van der Waals surface area (Å²) in [6, 6.07) is 11.3. The summed E-state index contributed by atoms with van der Waals surface area (Å²) in [5.74, 6) is 0.276. The van der Waals surface area contributed by atoms with Crippen LogP contribution in [0.3, 0.4) is 0 Å². The Morgan fingerprint density at radius 1 is 1.17 bits per heavy atom. The maximum absolute atomic E-state index is 12.7. The van der Waals surface area contributed by atoms with E-state index in [0.29, 0.717) is 9.49 Å². The lowest BCUT2D eigenvalue weighted by molar-refractivity contribution is 0.467. The van der Waals surface area contributed by atoms with Gasteiger partial charge in [0.1, 0.15) is 5.75 Å². The number of phenolic OH excluding ortho intramolecular Hbond substituents is 1. The Morgan fingerprint density at radius 2 is 1.87 bits per heavy atom. The van der Waals surface area contributed by atoms with E-state index in [4.69, 9.17) is 0 Å². The van der Waals surface area contributed by atoms with Crippen molar-refractivity contribution in [1.82, 2.24) is 9.38 Å². The number of hydrogen-bond donors (Lipinski definition) is 1. The minimum absolute atomic E-state index is 0.0585. The highest BCUT2D eigenvalue weighted by Gasteiger charge is 2.11. The van der Waals surface area contributed by atoms with Gasteiger partial charge in [-0.2, -0.15) is 0 Å². The number of hydrogen-bond acceptors (Lipinski definition) is 4. The average molecular weight is 546 g/mol. The van der Waals surface area contributed by atoms with Crippen molar-refractivity contribution in [3.8, 4) is 5.75 Å². The molecule has 23 heavy (non-hydrogen) atoms.